The molecule has 0 aliphatic carbocycles. The minimum Gasteiger partial charge on any atom is -0.493 e. The van der Waals surface area contributed by atoms with Gasteiger partial charge in [-0.1, -0.05) is 0 Å². The fraction of sp³-hybridized carbons (Fsp3) is 0.632. The Morgan fingerprint density at radius 1 is 1.26 bits per heavy atom. The van der Waals surface area contributed by atoms with Crippen molar-refractivity contribution in [1.82, 2.24) is 4.90 Å². The lowest BCUT2D eigenvalue weighted by Crippen LogP contribution is -2.54. The first-order valence-electron chi connectivity index (χ1n) is 9.03. The van der Waals surface area contributed by atoms with Crippen LogP contribution in [0.25, 0.3) is 0 Å². The Morgan fingerprint density at radius 3 is 2.41 bits per heavy atom. The molecule has 27 heavy (non-hydrogen) atoms. The number of piperidine rings is 1. The van der Waals surface area contributed by atoms with Crippen LogP contribution in [-0.4, -0.2) is 62.0 Å². The summed E-state index contributed by atoms with van der Waals surface area (Å²) in [5.74, 6) is 1.20. The minimum atomic E-state index is -0.882. The quantitative estimate of drug-likeness (QED) is 0.789. The number of rotatable bonds is 4. The van der Waals surface area contributed by atoms with E-state index in [9.17, 15) is 9.90 Å². The van der Waals surface area contributed by atoms with Crippen LogP contribution in [0.2, 0.25) is 0 Å². The van der Waals surface area contributed by atoms with Crippen LogP contribution in [0.1, 0.15) is 30.9 Å². The van der Waals surface area contributed by atoms with Crippen LogP contribution in [0, 0.1) is 0 Å². The molecule has 1 saturated heterocycles. The highest BCUT2D eigenvalue weighted by molar-refractivity contribution is 5.85. The molecule has 0 unspecified atom stereocenters. The number of nitrogens with zero attached hydrogens (tertiary/aromatic N) is 1. The predicted octanol–water partition coefficient (Wildman–Crippen LogP) is 1.22. The summed E-state index contributed by atoms with van der Waals surface area (Å²) in [5.41, 5.74) is 7.71. The lowest BCUT2D eigenvalue weighted by molar-refractivity contribution is -0.144. The number of fused-ring (bicyclic) bond motifs is 2. The highest BCUT2D eigenvalue weighted by Crippen LogP contribution is 2.45. The van der Waals surface area contributed by atoms with E-state index < -0.39 is 17.7 Å². The van der Waals surface area contributed by atoms with Gasteiger partial charge in [0.25, 0.3) is 0 Å². The van der Waals surface area contributed by atoms with Gasteiger partial charge in [-0.3, -0.25) is 4.79 Å². The first-order chi connectivity index (χ1) is 12.4. The van der Waals surface area contributed by atoms with E-state index >= 15 is 0 Å². The number of hydrogen-bond donors (Lipinski definition) is 2. The van der Waals surface area contributed by atoms with Crippen molar-refractivity contribution in [2.24, 2.45) is 5.73 Å². The number of aliphatic hydroxyl groups is 1. The topological polar surface area (TPSA) is 94.3 Å². The number of aliphatic hydroxyl groups excluding tert-OH is 1. The Balaban J connectivity index is 0.00000261. The summed E-state index contributed by atoms with van der Waals surface area (Å²) in [5, 5.41) is 9.58. The van der Waals surface area contributed by atoms with E-state index in [0.29, 0.717) is 38.3 Å². The fourth-order valence-corrected chi connectivity index (χ4v) is 3.91. The van der Waals surface area contributed by atoms with Crippen molar-refractivity contribution in [3.05, 3.63) is 23.3 Å². The predicted molar refractivity (Wildman–Crippen MR) is 104 cm³/mol. The molecule has 1 aromatic rings. The van der Waals surface area contributed by atoms with Gasteiger partial charge in [0.2, 0.25) is 5.91 Å². The third-order valence-electron chi connectivity index (χ3n) is 5.54. The molecule has 2 atom stereocenters. The van der Waals surface area contributed by atoms with Crippen LogP contribution < -0.4 is 15.2 Å². The molecule has 2 aliphatic rings. The van der Waals surface area contributed by atoms with Crippen molar-refractivity contribution in [3.8, 4) is 11.5 Å². The van der Waals surface area contributed by atoms with Crippen molar-refractivity contribution < 1.29 is 24.1 Å². The number of amides is 1. The first-order valence-corrected chi connectivity index (χ1v) is 9.03. The molecule has 0 saturated carbocycles. The smallest absolute Gasteiger partial charge is 0.242 e. The molecule has 0 aromatic heterocycles. The number of carbonyl (C=O) groups is 1. The van der Waals surface area contributed by atoms with Gasteiger partial charge < -0.3 is 30.0 Å². The van der Waals surface area contributed by atoms with Crippen LogP contribution in [0.3, 0.4) is 0 Å². The molecule has 1 spiro atoms. The third kappa shape index (κ3) is 4.01. The molecule has 1 amide bonds. The fourth-order valence-electron chi connectivity index (χ4n) is 3.91. The van der Waals surface area contributed by atoms with Gasteiger partial charge >= 0.3 is 0 Å². The largest absolute Gasteiger partial charge is 0.493 e. The highest BCUT2D eigenvalue weighted by atomic mass is 35.5. The maximum atomic E-state index is 12.4. The van der Waals surface area contributed by atoms with Gasteiger partial charge in [-0.25, -0.2) is 0 Å². The Hall–Kier alpha value is -1.54. The molecular weight excluding hydrogens is 372 g/mol. The number of likely N-dealkylation sites (tertiary alicyclic amines) is 1. The first kappa shape index (κ1) is 21.8. The Labute approximate surface area is 166 Å². The summed E-state index contributed by atoms with van der Waals surface area (Å²) in [4.78, 5) is 14.1. The number of hydrogen-bond acceptors (Lipinski definition) is 6. The molecule has 1 aromatic carbocycles. The summed E-state index contributed by atoms with van der Waals surface area (Å²) in [6.45, 7) is 3.28. The number of halogens is 1. The lowest BCUT2D eigenvalue weighted by Gasteiger charge is -2.45. The zero-order chi connectivity index (χ0) is 18.9. The standard InChI is InChI=1S/C19H28N2O5.ClH/c1-12(22)17(20)18(23)21-7-5-19(6-8-21)14-11-16(25-3)15(24-2)10-13(14)4-9-26-19;/h10-12,17,22H,4-9,20H2,1-3H3;1H/t12-,17+;/m0./s1. The molecular formula is C19H29ClN2O5. The second-order valence-corrected chi connectivity index (χ2v) is 7.05. The number of methoxy groups -OCH3 is 2. The summed E-state index contributed by atoms with van der Waals surface area (Å²) in [6.07, 6.45) is 1.34. The zero-order valence-electron chi connectivity index (χ0n) is 16.1. The normalized spacial score (nSPS) is 20.3. The zero-order valence-corrected chi connectivity index (χ0v) is 16.9. The average molecular weight is 401 g/mol. The Bertz CT molecular complexity index is 674. The van der Waals surface area contributed by atoms with Crippen LogP contribution >= 0.6 is 12.4 Å². The molecule has 2 aliphatic heterocycles. The number of carbonyl (C=O) groups excluding carboxylic acids is 1. The maximum Gasteiger partial charge on any atom is 0.242 e. The molecule has 3 N–H and O–H groups in total. The number of nitrogens with two attached hydrogens (primary N) is 1. The molecule has 1 fully saturated rings. The van der Waals surface area contributed by atoms with Gasteiger partial charge in [0.1, 0.15) is 6.04 Å². The number of ether oxygens (including phenoxy) is 3. The SMILES string of the molecule is COc1cc2c(cc1OC)C1(CCN(C(=O)[C@H](N)[C@H](C)O)CC1)OCC2.Cl. The molecule has 0 radical (unpaired) electrons. The van der Waals surface area contributed by atoms with E-state index in [4.69, 9.17) is 19.9 Å². The lowest BCUT2D eigenvalue weighted by atomic mass is 9.79. The second-order valence-electron chi connectivity index (χ2n) is 7.05. The van der Waals surface area contributed by atoms with Crippen LogP contribution in [-0.2, 0) is 21.6 Å². The Morgan fingerprint density at radius 2 is 1.85 bits per heavy atom. The van der Waals surface area contributed by atoms with Crippen LogP contribution in [0.5, 0.6) is 11.5 Å². The van der Waals surface area contributed by atoms with E-state index in [1.165, 1.54) is 12.5 Å². The Kier molecular flexibility index (Phi) is 6.97. The van der Waals surface area contributed by atoms with Gasteiger partial charge in [-0.05, 0) is 49.4 Å². The molecule has 152 valence electrons. The van der Waals surface area contributed by atoms with Crippen molar-refractivity contribution >= 4 is 18.3 Å². The van der Waals surface area contributed by atoms with E-state index in [1.54, 1.807) is 19.1 Å². The molecule has 3 rings (SSSR count). The van der Waals surface area contributed by atoms with Crippen molar-refractivity contribution in [2.45, 2.75) is 43.9 Å². The van der Waals surface area contributed by atoms with E-state index in [2.05, 4.69) is 0 Å². The van der Waals surface area contributed by atoms with Gasteiger partial charge in [-0.2, -0.15) is 0 Å². The summed E-state index contributed by atoms with van der Waals surface area (Å²) >= 11 is 0. The van der Waals surface area contributed by atoms with Gasteiger partial charge in [0, 0.05) is 13.1 Å². The van der Waals surface area contributed by atoms with Gasteiger partial charge in [0.05, 0.1) is 32.5 Å². The van der Waals surface area contributed by atoms with E-state index in [0.717, 1.165) is 17.7 Å². The minimum absolute atomic E-state index is 0. The monoisotopic (exact) mass is 400 g/mol. The average Bonchev–Trinajstić information content (AvgIpc) is 2.66. The summed E-state index contributed by atoms with van der Waals surface area (Å²) < 4.78 is 17.1. The molecule has 0 bridgehead atoms. The molecule has 8 heteroatoms. The van der Waals surface area contributed by atoms with Crippen molar-refractivity contribution in [2.75, 3.05) is 33.9 Å². The van der Waals surface area contributed by atoms with Crippen molar-refractivity contribution in [3.63, 3.8) is 0 Å². The third-order valence-corrected chi connectivity index (χ3v) is 5.54. The maximum absolute atomic E-state index is 12.4. The second kappa shape index (κ2) is 8.65. The van der Waals surface area contributed by atoms with E-state index in [1.807, 2.05) is 12.1 Å². The molecule has 7 nitrogen and oxygen atoms in total. The van der Waals surface area contributed by atoms with Crippen LogP contribution in [0.4, 0.5) is 0 Å². The highest BCUT2D eigenvalue weighted by Gasteiger charge is 2.43. The van der Waals surface area contributed by atoms with Gasteiger partial charge in [-0.15, -0.1) is 12.4 Å². The van der Waals surface area contributed by atoms with Crippen molar-refractivity contribution in [1.29, 1.82) is 0 Å². The molecule has 2 heterocycles. The summed E-state index contributed by atoms with van der Waals surface area (Å²) in [7, 11) is 3.26. The van der Waals surface area contributed by atoms with Gasteiger partial charge in [0.15, 0.2) is 11.5 Å². The van der Waals surface area contributed by atoms with E-state index in [-0.39, 0.29) is 18.3 Å². The number of benzene rings is 1. The van der Waals surface area contributed by atoms with Crippen LogP contribution in [0.15, 0.2) is 12.1 Å². The summed E-state index contributed by atoms with van der Waals surface area (Å²) in [6, 6.07) is 3.15.